The molecule has 0 bridgehead atoms. The van der Waals surface area contributed by atoms with Crippen molar-refractivity contribution in [2.24, 2.45) is 0 Å². The van der Waals surface area contributed by atoms with Gasteiger partial charge in [0.05, 0.1) is 13.2 Å². The summed E-state index contributed by atoms with van der Waals surface area (Å²) >= 11 is 0. The molecule has 0 amide bonds. The quantitative estimate of drug-likeness (QED) is 0.656. The van der Waals surface area contributed by atoms with Crippen LogP contribution in [0.2, 0.25) is 0 Å². The van der Waals surface area contributed by atoms with Crippen LogP contribution in [0.1, 0.15) is 12.0 Å². The van der Waals surface area contributed by atoms with Gasteiger partial charge in [0, 0.05) is 40.0 Å². The fourth-order valence-corrected chi connectivity index (χ4v) is 1.69. The Hall–Kier alpha value is -1.10. The third kappa shape index (κ3) is 7.15. The van der Waals surface area contributed by atoms with Gasteiger partial charge in [0.15, 0.2) is 0 Å². The molecule has 19 heavy (non-hydrogen) atoms. The highest BCUT2D eigenvalue weighted by Gasteiger charge is 1.96. The standard InChI is InChI=1S/C15H26N2O2/c1-17(2)15-7-5-14(6-8-15)13-16-9-4-10-19-12-11-18-3/h5-8,16H,4,9-13H2,1-3H3. The van der Waals surface area contributed by atoms with Crippen molar-refractivity contribution >= 4 is 5.69 Å². The summed E-state index contributed by atoms with van der Waals surface area (Å²) in [6.45, 7) is 4.03. The van der Waals surface area contributed by atoms with E-state index in [0.29, 0.717) is 13.2 Å². The Labute approximate surface area is 116 Å². The molecule has 0 fully saturated rings. The largest absolute Gasteiger partial charge is 0.382 e. The normalized spacial score (nSPS) is 10.7. The van der Waals surface area contributed by atoms with Crippen molar-refractivity contribution in [2.75, 3.05) is 52.5 Å². The van der Waals surface area contributed by atoms with Gasteiger partial charge in [0.25, 0.3) is 0 Å². The molecule has 108 valence electrons. The van der Waals surface area contributed by atoms with Crippen LogP contribution in [0.5, 0.6) is 0 Å². The number of hydrogen-bond donors (Lipinski definition) is 1. The number of anilines is 1. The van der Waals surface area contributed by atoms with Crippen molar-refractivity contribution in [3.8, 4) is 0 Å². The lowest BCUT2D eigenvalue weighted by Crippen LogP contribution is -2.17. The monoisotopic (exact) mass is 266 g/mol. The first-order valence-corrected chi connectivity index (χ1v) is 6.77. The van der Waals surface area contributed by atoms with Crippen LogP contribution in [-0.4, -0.2) is 47.6 Å². The summed E-state index contributed by atoms with van der Waals surface area (Å²) in [5.74, 6) is 0. The lowest BCUT2D eigenvalue weighted by atomic mass is 10.2. The number of methoxy groups -OCH3 is 1. The molecule has 0 aliphatic carbocycles. The maximum Gasteiger partial charge on any atom is 0.0700 e. The highest BCUT2D eigenvalue weighted by Crippen LogP contribution is 2.11. The van der Waals surface area contributed by atoms with Crippen LogP contribution in [-0.2, 0) is 16.0 Å². The predicted octanol–water partition coefficient (Wildman–Crippen LogP) is 1.90. The van der Waals surface area contributed by atoms with Gasteiger partial charge in [0.2, 0.25) is 0 Å². The van der Waals surface area contributed by atoms with Crippen molar-refractivity contribution < 1.29 is 9.47 Å². The van der Waals surface area contributed by atoms with Gasteiger partial charge in [-0.2, -0.15) is 0 Å². The number of benzene rings is 1. The smallest absolute Gasteiger partial charge is 0.0700 e. The summed E-state index contributed by atoms with van der Waals surface area (Å²) < 4.78 is 10.3. The SMILES string of the molecule is COCCOCCCNCc1ccc(N(C)C)cc1. The topological polar surface area (TPSA) is 33.7 Å². The Balaban J connectivity index is 2.06. The van der Waals surface area contributed by atoms with E-state index in [0.717, 1.165) is 26.1 Å². The van der Waals surface area contributed by atoms with Gasteiger partial charge in [-0.25, -0.2) is 0 Å². The molecule has 0 aromatic heterocycles. The van der Waals surface area contributed by atoms with E-state index < -0.39 is 0 Å². The van der Waals surface area contributed by atoms with Crippen molar-refractivity contribution in [3.05, 3.63) is 29.8 Å². The van der Waals surface area contributed by atoms with Gasteiger partial charge in [-0.3, -0.25) is 0 Å². The lowest BCUT2D eigenvalue weighted by molar-refractivity contribution is 0.0695. The summed E-state index contributed by atoms with van der Waals surface area (Å²) in [6, 6.07) is 8.62. The average molecular weight is 266 g/mol. The molecular weight excluding hydrogens is 240 g/mol. The molecule has 0 aliphatic rings. The molecule has 4 heteroatoms. The average Bonchev–Trinajstić information content (AvgIpc) is 2.42. The molecule has 1 N–H and O–H groups in total. The second kappa shape index (κ2) is 9.78. The zero-order chi connectivity index (χ0) is 13.9. The zero-order valence-corrected chi connectivity index (χ0v) is 12.3. The summed E-state index contributed by atoms with van der Waals surface area (Å²) in [5.41, 5.74) is 2.54. The molecule has 1 aromatic rings. The molecule has 0 atom stereocenters. The Bertz CT molecular complexity index is 325. The third-order valence-corrected chi connectivity index (χ3v) is 2.86. The van der Waals surface area contributed by atoms with Crippen molar-refractivity contribution in [3.63, 3.8) is 0 Å². The number of ether oxygens (including phenoxy) is 2. The Morgan fingerprint density at radius 1 is 1.05 bits per heavy atom. The van der Waals surface area contributed by atoms with Crippen LogP contribution in [0.4, 0.5) is 5.69 Å². The second-order valence-corrected chi connectivity index (χ2v) is 4.70. The highest BCUT2D eigenvalue weighted by molar-refractivity contribution is 5.45. The number of rotatable bonds is 10. The minimum absolute atomic E-state index is 0.672. The molecule has 0 unspecified atom stereocenters. The molecular formula is C15H26N2O2. The van der Waals surface area contributed by atoms with Gasteiger partial charge in [-0.1, -0.05) is 12.1 Å². The number of hydrogen-bond acceptors (Lipinski definition) is 4. The first-order chi connectivity index (χ1) is 9.24. The first kappa shape index (κ1) is 16.0. The van der Waals surface area contributed by atoms with Crippen LogP contribution in [0.15, 0.2) is 24.3 Å². The van der Waals surface area contributed by atoms with E-state index in [9.17, 15) is 0 Å². The van der Waals surface area contributed by atoms with E-state index in [1.165, 1.54) is 11.3 Å². The lowest BCUT2D eigenvalue weighted by Gasteiger charge is -2.13. The maximum absolute atomic E-state index is 5.40. The second-order valence-electron chi connectivity index (χ2n) is 4.70. The maximum atomic E-state index is 5.40. The molecule has 0 radical (unpaired) electrons. The Morgan fingerprint density at radius 3 is 2.42 bits per heavy atom. The Morgan fingerprint density at radius 2 is 1.79 bits per heavy atom. The Kier molecular flexibility index (Phi) is 8.21. The van der Waals surface area contributed by atoms with E-state index in [4.69, 9.17) is 9.47 Å². The molecule has 0 heterocycles. The van der Waals surface area contributed by atoms with Gasteiger partial charge in [-0.15, -0.1) is 0 Å². The predicted molar refractivity (Wildman–Crippen MR) is 79.8 cm³/mol. The summed E-state index contributed by atoms with van der Waals surface area (Å²) in [6.07, 6.45) is 1.03. The first-order valence-electron chi connectivity index (χ1n) is 6.77. The zero-order valence-electron chi connectivity index (χ0n) is 12.3. The minimum Gasteiger partial charge on any atom is -0.382 e. The van der Waals surface area contributed by atoms with Crippen LogP contribution >= 0.6 is 0 Å². The molecule has 0 spiro atoms. The summed E-state index contributed by atoms with van der Waals surface area (Å²) in [4.78, 5) is 2.11. The van der Waals surface area contributed by atoms with E-state index in [1.807, 2.05) is 0 Å². The van der Waals surface area contributed by atoms with Gasteiger partial charge < -0.3 is 19.7 Å². The van der Waals surface area contributed by atoms with E-state index in [1.54, 1.807) is 7.11 Å². The summed E-state index contributed by atoms with van der Waals surface area (Å²) in [7, 11) is 5.79. The molecule has 1 aromatic carbocycles. The van der Waals surface area contributed by atoms with Crippen molar-refractivity contribution in [2.45, 2.75) is 13.0 Å². The van der Waals surface area contributed by atoms with Crippen LogP contribution < -0.4 is 10.2 Å². The van der Waals surface area contributed by atoms with Crippen LogP contribution in [0.25, 0.3) is 0 Å². The fourth-order valence-electron chi connectivity index (χ4n) is 1.69. The number of nitrogens with zero attached hydrogens (tertiary/aromatic N) is 1. The van der Waals surface area contributed by atoms with Crippen LogP contribution in [0, 0.1) is 0 Å². The third-order valence-electron chi connectivity index (χ3n) is 2.86. The molecule has 0 saturated carbocycles. The molecule has 1 rings (SSSR count). The molecule has 0 saturated heterocycles. The van der Waals surface area contributed by atoms with E-state index in [2.05, 4.69) is 48.6 Å². The van der Waals surface area contributed by atoms with Crippen molar-refractivity contribution in [1.29, 1.82) is 0 Å². The van der Waals surface area contributed by atoms with Gasteiger partial charge in [0.1, 0.15) is 0 Å². The minimum atomic E-state index is 0.672. The van der Waals surface area contributed by atoms with Gasteiger partial charge >= 0.3 is 0 Å². The number of nitrogens with one attached hydrogen (secondary N) is 1. The molecule has 0 aliphatic heterocycles. The van der Waals surface area contributed by atoms with Gasteiger partial charge in [-0.05, 0) is 30.7 Å². The van der Waals surface area contributed by atoms with Crippen molar-refractivity contribution in [1.82, 2.24) is 5.32 Å². The highest BCUT2D eigenvalue weighted by atomic mass is 16.5. The van der Waals surface area contributed by atoms with E-state index >= 15 is 0 Å². The molecule has 4 nitrogen and oxygen atoms in total. The van der Waals surface area contributed by atoms with Crippen LogP contribution in [0.3, 0.4) is 0 Å². The fraction of sp³-hybridized carbons (Fsp3) is 0.600. The summed E-state index contributed by atoms with van der Waals surface area (Å²) in [5, 5.41) is 3.42. The van der Waals surface area contributed by atoms with E-state index in [-0.39, 0.29) is 0 Å².